The molecule has 2 aliphatic rings. The van der Waals surface area contributed by atoms with Crippen molar-refractivity contribution in [1.82, 2.24) is 20.0 Å². The van der Waals surface area contributed by atoms with Gasteiger partial charge in [0.05, 0.1) is 30.8 Å². The molecule has 1 aromatic rings. The maximum Gasteiger partial charge on any atom is 0.310 e. The van der Waals surface area contributed by atoms with E-state index >= 15 is 0 Å². The molecule has 1 aromatic heterocycles. The summed E-state index contributed by atoms with van der Waals surface area (Å²) < 4.78 is 7.30. The molecular formula is C19H31N5O2. The summed E-state index contributed by atoms with van der Waals surface area (Å²) in [5.74, 6) is 0.668. The largest absolute Gasteiger partial charge is 0.466 e. The van der Waals surface area contributed by atoms with Crippen LogP contribution < -0.4 is 5.32 Å². The van der Waals surface area contributed by atoms with Crippen molar-refractivity contribution in [3.63, 3.8) is 0 Å². The molecule has 1 aliphatic carbocycles. The lowest BCUT2D eigenvalue weighted by Crippen LogP contribution is -2.48. The Balaban J connectivity index is 1.53. The van der Waals surface area contributed by atoms with E-state index in [0.717, 1.165) is 31.0 Å². The molecular weight excluding hydrogens is 330 g/mol. The average Bonchev–Trinajstić information content (AvgIpc) is 3.34. The molecule has 0 aromatic carbocycles. The van der Waals surface area contributed by atoms with Gasteiger partial charge in [-0.25, -0.2) is 0 Å². The zero-order valence-corrected chi connectivity index (χ0v) is 16.0. The van der Waals surface area contributed by atoms with Crippen molar-refractivity contribution >= 4 is 11.9 Å². The number of hydrogen-bond donors (Lipinski definition) is 1. The topological polar surface area (TPSA) is 71.8 Å². The third kappa shape index (κ3) is 4.56. The van der Waals surface area contributed by atoms with Crippen molar-refractivity contribution in [2.24, 2.45) is 10.9 Å². The lowest BCUT2D eigenvalue weighted by atomic mass is 9.98. The van der Waals surface area contributed by atoms with Crippen LogP contribution >= 0.6 is 0 Å². The van der Waals surface area contributed by atoms with E-state index < -0.39 is 0 Å². The fraction of sp³-hybridized carbons (Fsp3) is 0.737. The molecule has 1 saturated heterocycles. The minimum atomic E-state index is -0.0945. The molecule has 2 heterocycles. The highest BCUT2D eigenvalue weighted by Crippen LogP contribution is 2.28. The molecule has 0 unspecified atom stereocenters. The summed E-state index contributed by atoms with van der Waals surface area (Å²) in [6.45, 7) is 4.50. The number of rotatable bonds is 5. The maximum absolute atomic E-state index is 12.0. The zero-order chi connectivity index (χ0) is 18.4. The van der Waals surface area contributed by atoms with Crippen molar-refractivity contribution in [1.29, 1.82) is 0 Å². The number of nitrogens with zero attached hydrogens (tertiary/aromatic N) is 4. The van der Waals surface area contributed by atoms with E-state index in [1.807, 2.05) is 6.92 Å². The van der Waals surface area contributed by atoms with Crippen LogP contribution in [0.1, 0.15) is 57.2 Å². The van der Waals surface area contributed by atoms with E-state index in [1.54, 1.807) is 7.05 Å². The third-order valence-electron chi connectivity index (χ3n) is 5.34. The van der Waals surface area contributed by atoms with Gasteiger partial charge in [0.2, 0.25) is 0 Å². The van der Waals surface area contributed by atoms with Gasteiger partial charge in [-0.15, -0.1) is 0 Å². The minimum Gasteiger partial charge on any atom is -0.466 e. The van der Waals surface area contributed by atoms with Crippen LogP contribution in [0.15, 0.2) is 17.3 Å². The van der Waals surface area contributed by atoms with Crippen LogP contribution in [0.2, 0.25) is 0 Å². The molecule has 144 valence electrons. The molecule has 1 N–H and O–H groups in total. The van der Waals surface area contributed by atoms with Crippen molar-refractivity contribution < 1.29 is 9.53 Å². The van der Waals surface area contributed by atoms with E-state index in [4.69, 9.17) is 9.84 Å². The normalized spacial score (nSPS) is 21.8. The molecule has 26 heavy (non-hydrogen) atoms. The first-order valence-electron chi connectivity index (χ1n) is 9.87. The van der Waals surface area contributed by atoms with Crippen LogP contribution in [-0.2, 0) is 16.1 Å². The number of ether oxygens (including phenoxy) is 1. The van der Waals surface area contributed by atoms with Gasteiger partial charge < -0.3 is 15.0 Å². The fourth-order valence-electron chi connectivity index (χ4n) is 3.97. The first kappa shape index (κ1) is 18.7. The van der Waals surface area contributed by atoms with Gasteiger partial charge >= 0.3 is 5.97 Å². The number of carbonyl (C=O) groups is 1. The van der Waals surface area contributed by atoms with Gasteiger partial charge in [0.1, 0.15) is 0 Å². The number of guanidine groups is 1. The van der Waals surface area contributed by atoms with Crippen molar-refractivity contribution in [3.8, 4) is 0 Å². The standard InChI is InChI=1S/C19H31N5O2/c1-3-26-18(25)15-7-6-11-23(14-15)19(20-2)21-13-16-10-12-24(22-16)17-8-4-5-9-17/h10,12,15,17H,3-9,11,13-14H2,1-2H3,(H,20,21)/t15-/m1/s1. The first-order valence-corrected chi connectivity index (χ1v) is 9.87. The Kier molecular flexibility index (Phi) is 6.52. The number of nitrogens with one attached hydrogen (secondary N) is 1. The van der Waals surface area contributed by atoms with Gasteiger partial charge in [-0.3, -0.25) is 14.5 Å². The van der Waals surface area contributed by atoms with Crippen molar-refractivity contribution in [2.45, 2.75) is 58.0 Å². The highest BCUT2D eigenvalue weighted by Gasteiger charge is 2.28. The van der Waals surface area contributed by atoms with Crippen molar-refractivity contribution in [3.05, 3.63) is 18.0 Å². The second-order valence-electron chi connectivity index (χ2n) is 7.16. The Morgan fingerprint density at radius 3 is 2.88 bits per heavy atom. The summed E-state index contributed by atoms with van der Waals surface area (Å²) in [6, 6.07) is 2.64. The lowest BCUT2D eigenvalue weighted by molar-refractivity contribution is -0.149. The number of aliphatic imine (C=N–C) groups is 1. The maximum atomic E-state index is 12.0. The van der Waals surface area contributed by atoms with Gasteiger partial charge in [-0.2, -0.15) is 5.10 Å². The fourth-order valence-corrected chi connectivity index (χ4v) is 3.97. The van der Waals surface area contributed by atoms with E-state index in [2.05, 4.69) is 32.2 Å². The predicted molar refractivity (Wildman–Crippen MR) is 101 cm³/mol. The number of piperidine rings is 1. The van der Waals surface area contributed by atoms with Crippen LogP contribution in [0, 0.1) is 5.92 Å². The summed E-state index contributed by atoms with van der Waals surface area (Å²) in [5.41, 5.74) is 1.03. The third-order valence-corrected chi connectivity index (χ3v) is 5.34. The molecule has 7 heteroatoms. The van der Waals surface area contributed by atoms with Crippen molar-refractivity contribution in [2.75, 3.05) is 26.7 Å². The summed E-state index contributed by atoms with van der Waals surface area (Å²) in [4.78, 5) is 18.6. The molecule has 1 atom stereocenters. The Labute approximate surface area is 155 Å². The minimum absolute atomic E-state index is 0.0659. The zero-order valence-electron chi connectivity index (χ0n) is 16.0. The molecule has 2 fully saturated rings. The van der Waals surface area contributed by atoms with Crippen LogP contribution in [-0.4, -0.2) is 53.4 Å². The Morgan fingerprint density at radius 1 is 1.35 bits per heavy atom. The lowest BCUT2D eigenvalue weighted by Gasteiger charge is -2.33. The summed E-state index contributed by atoms with van der Waals surface area (Å²) in [7, 11) is 1.79. The van der Waals surface area contributed by atoms with Crippen LogP contribution in [0.3, 0.4) is 0 Å². The molecule has 0 spiro atoms. The highest BCUT2D eigenvalue weighted by molar-refractivity contribution is 5.81. The second-order valence-corrected chi connectivity index (χ2v) is 7.16. The van der Waals surface area contributed by atoms with Gasteiger partial charge in [0, 0.05) is 26.3 Å². The van der Waals surface area contributed by atoms with Gasteiger partial charge in [-0.1, -0.05) is 12.8 Å². The van der Waals surface area contributed by atoms with Gasteiger partial charge in [0.15, 0.2) is 5.96 Å². The number of likely N-dealkylation sites (tertiary alicyclic amines) is 1. The van der Waals surface area contributed by atoms with E-state index in [9.17, 15) is 4.79 Å². The monoisotopic (exact) mass is 361 g/mol. The number of esters is 1. The number of aromatic nitrogens is 2. The van der Waals surface area contributed by atoms with Crippen LogP contribution in [0.4, 0.5) is 0 Å². The Bertz CT molecular complexity index is 621. The summed E-state index contributed by atoms with van der Waals surface area (Å²) in [5, 5.41) is 8.12. The van der Waals surface area contributed by atoms with Crippen LogP contribution in [0.25, 0.3) is 0 Å². The van der Waals surface area contributed by atoms with E-state index in [0.29, 0.717) is 25.7 Å². The average molecular weight is 361 g/mol. The molecule has 0 amide bonds. The number of hydrogen-bond acceptors (Lipinski definition) is 4. The molecule has 3 rings (SSSR count). The smallest absolute Gasteiger partial charge is 0.310 e. The molecule has 7 nitrogen and oxygen atoms in total. The summed E-state index contributed by atoms with van der Waals surface area (Å²) in [6.07, 6.45) is 9.03. The quantitative estimate of drug-likeness (QED) is 0.495. The SMILES string of the molecule is CCOC(=O)[C@@H]1CCCN(C(=NC)NCc2ccn(C3CCCC3)n2)C1. The Morgan fingerprint density at radius 2 is 2.15 bits per heavy atom. The van der Waals surface area contributed by atoms with Gasteiger partial charge in [-0.05, 0) is 38.7 Å². The van der Waals surface area contributed by atoms with E-state index in [1.165, 1.54) is 25.7 Å². The first-order chi connectivity index (χ1) is 12.7. The molecule has 0 bridgehead atoms. The highest BCUT2D eigenvalue weighted by atomic mass is 16.5. The summed E-state index contributed by atoms with van der Waals surface area (Å²) >= 11 is 0. The molecule has 1 saturated carbocycles. The second kappa shape index (κ2) is 9.05. The number of carbonyl (C=O) groups excluding carboxylic acids is 1. The molecule has 1 aliphatic heterocycles. The van der Waals surface area contributed by atoms with Gasteiger partial charge in [0.25, 0.3) is 0 Å². The Hall–Kier alpha value is -2.05. The molecule has 0 radical (unpaired) electrons. The van der Waals surface area contributed by atoms with E-state index in [-0.39, 0.29) is 11.9 Å². The predicted octanol–water partition coefficient (Wildman–Crippen LogP) is 2.35. The van der Waals surface area contributed by atoms with Crippen LogP contribution in [0.5, 0.6) is 0 Å².